The molecule has 4 aromatic rings. The van der Waals surface area contributed by atoms with E-state index in [2.05, 4.69) is 10.6 Å². The molecule has 0 atom stereocenters. The van der Waals surface area contributed by atoms with E-state index in [1.165, 1.54) is 36.4 Å². The summed E-state index contributed by atoms with van der Waals surface area (Å²) in [6.45, 7) is -0.454. The van der Waals surface area contributed by atoms with Gasteiger partial charge in [0.1, 0.15) is 12.4 Å². The molecule has 0 fully saturated rings. The van der Waals surface area contributed by atoms with Crippen molar-refractivity contribution in [1.29, 1.82) is 0 Å². The first kappa shape index (κ1) is 21.6. The molecule has 0 bridgehead atoms. The van der Waals surface area contributed by atoms with Crippen molar-refractivity contribution in [3.63, 3.8) is 0 Å². The first-order valence-corrected chi connectivity index (χ1v) is 11.8. The van der Waals surface area contributed by atoms with Crippen LogP contribution in [0.4, 0.5) is 21.5 Å². The summed E-state index contributed by atoms with van der Waals surface area (Å²) in [5.74, 6) is -1.54. The number of nitrogens with zero attached hydrogens (tertiary/aromatic N) is 1. The Balaban J connectivity index is 1.38. The lowest BCUT2D eigenvalue weighted by Crippen LogP contribution is -2.35. The van der Waals surface area contributed by atoms with E-state index in [-0.39, 0.29) is 16.1 Å². The van der Waals surface area contributed by atoms with Gasteiger partial charge in [-0.3, -0.25) is 13.9 Å². The molecule has 0 radical (unpaired) electrons. The van der Waals surface area contributed by atoms with Crippen molar-refractivity contribution >= 4 is 49.7 Å². The molecule has 1 heterocycles. The van der Waals surface area contributed by atoms with E-state index in [0.29, 0.717) is 16.8 Å². The van der Waals surface area contributed by atoms with Gasteiger partial charge >= 0.3 is 0 Å². The van der Waals surface area contributed by atoms with Crippen LogP contribution < -0.4 is 14.9 Å². The number of hydrogen-bond acceptors (Lipinski definition) is 4. The minimum Gasteiger partial charge on any atom is -0.324 e. The Labute approximate surface area is 194 Å². The summed E-state index contributed by atoms with van der Waals surface area (Å²) in [6, 6.07) is 21.9. The summed E-state index contributed by atoms with van der Waals surface area (Å²) in [4.78, 5) is 25.8. The van der Waals surface area contributed by atoms with Crippen LogP contribution in [0.2, 0.25) is 0 Å². The molecule has 1 aliphatic rings. The summed E-state index contributed by atoms with van der Waals surface area (Å²) in [6.07, 6.45) is 0. The summed E-state index contributed by atoms with van der Waals surface area (Å²) in [7, 11) is -3.89. The predicted molar refractivity (Wildman–Crippen MR) is 128 cm³/mol. The fraction of sp³-hybridized carbons (Fsp3) is 0.0400. The molecule has 1 aliphatic heterocycles. The van der Waals surface area contributed by atoms with E-state index in [9.17, 15) is 22.4 Å². The van der Waals surface area contributed by atoms with Crippen LogP contribution >= 0.6 is 0 Å². The maximum Gasteiger partial charge on any atom is 0.265 e. The van der Waals surface area contributed by atoms with Gasteiger partial charge in [-0.25, -0.2) is 12.8 Å². The molecule has 0 aromatic heterocycles. The van der Waals surface area contributed by atoms with Crippen molar-refractivity contribution < 1.29 is 22.4 Å². The number of anilines is 3. The van der Waals surface area contributed by atoms with Crippen molar-refractivity contribution in [3.05, 3.63) is 96.3 Å². The molecule has 7 nitrogen and oxygen atoms in total. The zero-order valence-corrected chi connectivity index (χ0v) is 18.5. The lowest BCUT2D eigenvalue weighted by Gasteiger charge is -2.19. The molecule has 0 spiro atoms. The Morgan fingerprint density at radius 3 is 2.29 bits per heavy atom. The molecule has 0 saturated carbocycles. The Morgan fingerprint density at radius 1 is 0.824 bits per heavy atom. The molecule has 170 valence electrons. The molecular weight excluding hydrogens is 457 g/mol. The maximum absolute atomic E-state index is 13.1. The third kappa shape index (κ3) is 3.75. The van der Waals surface area contributed by atoms with E-state index in [4.69, 9.17) is 0 Å². The monoisotopic (exact) mass is 475 g/mol. The largest absolute Gasteiger partial charge is 0.324 e. The molecule has 2 amide bonds. The standard InChI is InChI=1S/C25H18FN3O4S/c26-17-11-13-18(14-12-17)27-25(31)19-7-1-2-8-20(19)28-23(30)15-29-21-9-3-5-16-6-4-10-22(24(16)21)34(29,32)33/h1-14H,15H2,(H,27,31)(H,28,30). The molecule has 34 heavy (non-hydrogen) atoms. The third-order valence-electron chi connectivity index (χ3n) is 5.52. The van der Waals surface area contributed by atoms with Crippen LogP contribution in [0, 0.1) is 5.82 Å². The van der Waals surface area contributed by atoms with E-state index < -0.39 is 34.2 Å². The smallest absolute Gasteiger partial charge is 0.265 e. The second kappa shape index (κ2) is 8.27. The molecule has 0 unspecified atom stereocenters. The second-order valence-corrected chi connectivity index (χ2v) is 9.53. The number of para-hydroxylation sites is 1. The zero-order valence-electron chi connectivity index (χ0n) is 17.7. The first-order valence-electron chi connectivity index (χ1n) is 10.3. The topological polar surface area (TPSA) is 95.6 Å². The first-order chi connectivity index (χ1) is 16.3. The van der Waals surface area contributed by atoms with Gasteiger partial charge in [-0.1, -0.05) is 36.4 Å². The highest BCUT2D eigenvalue weighted by molar-refractivity contribution is 7.93. The van der Waals surface area contributed by atoms with Gasteiger partial charge in [-0.15, -0.1) is 0 Å². The van der Waals surface area contributed by atoms with Gasteiger partial charge in [0.25, 0.3) is 15.9 Å². The van der Waals surface area contributed by atoms with Crippen LogP contribution in [0.3, 0.4) is 0 Å². The zero-order chi connectivity index (χ0) is 23.9. The van der Waals surface area contributed by atoms with Crippen molar-refractivity contribution in [2.24, 2.45) is 0 Å². The van der Waals surface area contributed by atoms with Crippen LogP contribution in [0.25, 0.3) is 10.8 Å². The van der Waals surface area contributed by atoms with Crippen LogP contribution in [-0.4, -0.2) is 26.8 Å². The minimum absolute atomic E-state index is 0.160. The number of hydrogen-bond donors (Lipinski definition) is 2. The number of rotatable bonds is 5. The molecular formula is C25H18FN3O4S. The van der Waals surface area contributed by atoms with E-state index in [1.54, 1.807) is 36.4 Å². The third-order valence-corrected chi connectivity index (χ3v) is 7.32. The number of amides is 2. The highest BCUT2D eigenvalue weighted by Gasteiger charge is 2.36. The highest BCUT2D eigenvalue weighted by Crippen LogP contribution is 2.41. The molecule has 0 aliphatic carbocycles. The SMILES string of the molecule is O=C(CN1c2cccc3cccc(c23)S1(=O)=O)Nc1ccccc1C(=O)Nc1ccc(F)cc1. The molecule has 5 rings (SSSR count). The predicted octanol–water partition coefficient (Wildman–Crippen LogP) is 4.38. The van der Waals surface area contributed by atoms with Crippen LogP contribution in [0.5, 0.6) is 0 Å². The Hall–Kier alpha value is -4.24. The molecule has 0 saturated heterocycles. The number of nitrogens with one attached hydrogen (secondary N) is 2. The Morgan fingerprint density at radius 2 is 1.53 bits per heavy atom. The molecule has 4 aromatic carbocycles. The van der Waals surface area contributed by atoms with Gasteiger partial charge in [-0.05, 0) is 53.9 Å². The normalized spacial score (nSPS) is 13.6. The van der Waals surface area contributed by atoms with Crippen molar-refractivity contribution in [1.82, 2.24) is 0 Å². The van der Waals surface area contributed by atoms with Crippen LogP contribution in [0.1, 0.15) is 10.4 Å². The van der Waals surface area contributed by atoms with E-state index in [1.807, 2.05) is 12.1 Å². The lowest BCUT2D eigenvalue weighted by atomic mass is 10.1. The van der Waals surface area contributed by atoms with Gasteiger partial charge in [-0.2, -0.15) is 0 Å². The van der Waals surface area contributed by atoms with Crippen molar-refractivity contribution in [2.45, 2.75) is 4.90 Å². The van der Waals surface area contributed by atoms with Gasteiger partial charge < -0.3 is 10.6 Å². The molecule has 9 heteroatoms. The Bertz CT molecular complexity index is 1550. The lowest BCUT2D eigenvalue weighted by molar-refractivity contribution is -0.114. The number of sulfonamides is 1. The molecule has 2 N–H and O–H groups in total. The highest BCUT2D eigenvalue weighted by atomic mass is 32.2. The number of carbonyl (C=O) groups excluding carboxylic acids is 2. The Kier molecular flexibility index (Phi) is 5.25. The van der Waals surface area contributed by atoms with Crippen LogP contribution in [-0.2, 0) is 14.8 Å². The summed E-state index contributed by atoms with van der Waals surface area (Å²) < 4.78 is 40.4. The number of halogens is 1. The van der Waals surface area contributed by atoms with Gasteiger partial charge in [0, 0.05) is 11.1 Å². The summed E-state index contributed by atoms with van der Waals surface area (Å²) >= 11 is 0. The van der Waals surface area contributed by atoms with Crippen molar-refractivity contribution in [2.75, 3.05) is 21.5 Å². The fourth-order valence-corrected chi connectivity index (χ4v) is 5.64. The quantitative estimate of drug-likeness (QED) is 0.448. The van der Waals surface area contributed by atoms with E-state index in [0.717, 1.165) is 9.69 Å². The van der Waals surface area contributed by atoms with Crippen LogP contribution in [0.15, 0.2) is 89.8 Å². The second-order valence-electron chi connectivity index (χ2n) is 7.70. The van der Waals surface area contributed by atoms with Crippen molar-refractivity contribution in [3.8, 4) is 0 Å². The number of benzene rings is 4. The van der Waals surface area contributed by atoms with Gasteiger partial charge in [0.15, 0.2) is 0 Å². The fourth-order valence-electron chi connectivity index (χ4n) is 3.97. The van der Waals surface area contributed by atoms with E-state index >= 15 is 0 Å². The average Bonchev–Trinajstić information content (AvgIpc) is 3.04. The maximum atomic E-state index is 13.1. The van der Waals surface area contributed by atoms with Gasteiger partial charge in [0.2, 0.25) is 5.91 Å². The van der Waals surface area contributed by atoms with Gasteiger partial charge in [0.05, 0.1) is 21.8 Å². The average molecular weight is 476 g/mol. The summed E-state index contributed by atoms with van der Waals surface area (Å²) in [5, 5.41) is 6.64. The minimum atomic E-state index is -3.89. The number of carbonyl (C=O) groups is 2. The summed E-state index contributed by atoms with van der Waals surface area (Å²) in [5.41, 5.74) is 1.22.